The van der Waals surface area contributed by atoms with Gasteiger partial charge in [-0.25, -0.2) is 14.3 Å². The fourth-order valence-electron chi connectivity index (χ4n) is 7.06. The number of hydrogen-bond donors (Lipinski definition) is 1. The van der Waals surface area contributed by atoms with Crippen molar-refractivity contribution < 1.29 is 9.53 Å². The number of nitrogens with zero attached hydrogens (tertiary/aromatic N) is 6. The highest BCUT2D eigenvalue weighted by atomic mass is 16.5. The van der Waals surface area contributed by atoms with Crippen LogP contribution in [0.5, 0.6) is 5.75 Å². The minimum atomic E-state index is -0.956. The third kappa shape index (κ3) is 4.18. The average molecular weight is 578 g/mol. The topological polar surface area (TPSA) is 97.5 Å². The molecule has 4 aliphatic rings. The Bertz CT molecular complexity index is 1900. The highest BCUT2D eigenvalue weighted by Crippen LogP contribution is 2.52. The highest BCUT2D eigenvalue weighted by Gasteiger charge is 2.48. The van der Waals surface area contributed by atoms with Crippen molar-refractivity contribution in [3.8, 4) is 11.4 Å². The van der Waals surface area contributed by atoms with Crippen molar-refractivity contribution >= 4 is 34.3 Å². The van der Waals surface area contributed by atoms with Crippen LogP contribution in [0.25, 0.3) is 16.7 Å². The normalized spacial score (nSPS) is 20.2. The van der Waals surface area contributed by atoms with Gasteiger partial charge in [-0.2, -0.15) is 4.98 Å². The third-order valence-electron chi connectivity index (χ3n) is 9.28. The average Bonchev–Trinajstić information content (AvgIpc) is 3.67. The van der Waals surface area contributed by atoms with Gasteiger partial charge in [-0.15, -0.1) is 0 Å². The summed E-state index contributed by atoms with van der Waals surface area (Å²) in [4.78, 5) is 40.7. The van der Waals surface area contributed by atoms with Crippen LogP contribution < -0.4 is 20.5 Å². The molecule has 43 heavy (non-hydrogen) atoms. The molecule has 0 saturated heterocycles. The van der Waals surface area contributed by atoms with Gasteiger partial charge in [0.25, 0.3) is 11.5 Å². The molecule has 1 amide bonds. The predicted molar refractivity (Wildman–Crippen MR) is 166 cm³/mol. The van der Waals surface area contributed by atoms with E-state index in [1.54, 1.807) is 24.7 Å². The van der Waals surface area contributed by atoms with Crippen molar-refractivity contribution in [2.45, 2.75) is 63.6 Å². The largest absolute Gasteiger partial charge is 0.476 e. The Morgan fingerprint density at radius 1 is 1.05 bits per heavy atom. The zero-order valence-electron chi connectivity index (χ0n) is 24.8. The van der Waals surface area contributed by atoms with Gasteiger partial charge in [0.1, 0.15) is 11.1 Å². The maximum Gasteiger partial charge on any atom is 0.278 e. The van der Waals surface area contributed by atoms with Crippen molar-refractivity contribution in [3.05, 3.63) is 76.2 Å². The number of ether oxygens (including phenoxy) is 1. The molecule has 1 saturated carbocycles. The number of carbonyl (C=O) groups is 1. The van der Waals surface area contributed by atoms with E-state index in [9.17, 15) is 9.59 Å². The van der Waals surface area contributed by atoms with Gasteiger partial charge in [-0.3, -0.25) is 9.59 Å². The molecular weight excluding hydrogens is 542 g/mol. The van der Waals surface area contributed by atoms with E-state index in [0.29, 0.717) is 46.9 Å². The molecule has 0 unspecified atom stereocenters. The molecule has 4 aromatic rings. The van der Waals surface area contributed by atoms with Crippen molar-refractivity contribution in [3.63, 3.8) is 0 Å². The lowest BCUT2D eigenvalue weighted by atomic mass is 9.87. The first-order chi connectivity index (χ1) is 20.7. The van der Waals surface area contributed by atoms with Gasteiger partial charge in [0.2, 0.25) is 5.95 Å². The van der Waals surface area contributed by atoms with E-state index in [1.165, 1.54) is 24.0 Å². The molecular formula is C33H35N7O3. The smallest absolute Gasteiger partial charge is 0.278 e. The summed E-state index contributed by atoms with van der Waals surface area (Å²) in [6.07, 6.45) is 9.77. The fourth-order valence-corrected chi connectivity index (χ4v) is 7.06. The van der Waals surface area contributed by atoms with Gasteiger partial charge in [-0.05, 0) is 88.0 Å². The lowest BCUT2D eigenvalue weighted by molar-refractivity contribution is -0.132. The minimum Gasteiger partial charge on any atom is -0.476 e. The Balaban J connectivity index is 1.23. The molecule has 0 radical (unpaired) electrons. The molecule has 1 fully saturated rings. The molecule has 10 heteroatoms. The summed E-state index contributed by atoms with van der Waals surface area (Å²) in [6.45, 7) is 6.61. The SMILES string of the molecule is CN1Cc2cc(Nc3ncc4c(=O)n5n(c4n3)-c3ccc4c(c3)N(CCCC=CC5)C(=O)C(C)(C)O4)ccc2C2(CC2)C1. The van der Waals surface area contributed by atoms with Gasteiger partial charge in [0.05, 0.1) is 17.9 Å². The van der Waals surface area contributed by atoms with Crippen LogP contribution in [0.4, 0.5) is 17.3 Å². The van der Waals surface area contributed by atoms with Crippen LogP contribution in [-0.2, 0) is 23.3 Å². The number of allylic oxidation sites excluding steroid dienone is 2. The minimum absolute atomic E-state index is 0.0781. The Morgan fingerprint density at radius 2 is 1.91 bits per heavy atom. The second kappa shape index (κ2) is 9.28. The Hall–Kier alpha value is -4.44. The molecule has 220 valence electrons. The molecule has 1 N–H and O–H groups in total. The summed E-state index contributed by atoms with van der Waals surface area (Å²) in [7, 11) is 2.19. The first-order valence-corrected chi connectivity index (χ1v) is 15.1. The summed E-state index contributed by atoms with van der Waals surface area (Å²) in [6, 6.07) is 12.3. The number of carbonyl (C=O) groups excluding carboxylic acids is 1. The first kappa shape index (κ1) is 26.2. The number of amides is 1. The Kier molecular flexibility index (Phi) is 5.65. The first-order valence-electron chi connectivity index (χ1n) is 15.1. The summed E-state index contributed by atoms with van der Waals surface area (Å²) in [5.74, 6) is 0.986. The van der Waals surface area contributed by atoms with E-state index in [0.717, 1.165) is 37.3 Å². The summed E-state index contributed by atoms with van der Waals surface area (Å²) >= 11 is 0. The van der Waals surface area contributed by atoms with Crippen molar-refractivity contribution in [2.75, 3.05) is 30.4 Å². The zero-order valence-corrected chi connectivity index (χ0v) is 24.8. The van der Waals surface area contributed by atoms with Crippen LogP contribution in [-0.4, -0.2) is 55.9 Å². The van der Waals surface area contributed by atoms with E-state index in [4.69, 9.17) is 9.72 Å². The highest BCUT2D eigenvalue weighted by molar-refractivity contribution is 6.02. The number of rotatable bonds is 2. The fraction of sp³-hybridized carbons (Fsp3) is 0.394. The molecule has 8 rings (SSSR count). The van der Waals surface area contributed by atoms with Gasteiger partial charge < -0.3 is 19.9 Å². The molecule has 1 aliphatic carbocycles. The molecule has 10 nitrogen and oxygen atoms in total. The number of nitrogens with one attached hydrogen (secondary N) is 1. The van der Waals surface area contributed by atoms with Gasteiger partial charge in [0.15, 0.2) is 11.2 Å². The molecule has 5 heterocycles. The number of benzene rings is 2. The maximum absolute atomic E-state index is 13.7. The van der Waals surface area contributed by atoms with Crippen LogP contribution in [0, 0.1) is 0 Å². The van der Waals surface area contributed by atoms with Crippen LogP contribution >= 0.6 is 0 Å². The standard InChI is InChI=1S/C33H35N7O3/c1-32(2)30(42)38-14-6-4-5-7-15-39-29(41)24-18-34-31(36-28(24)40(39)23-9-11-27(43-32)26(38)17-23)35-22-8-10-25-21(16-22)19-37(3)20-33(25)12-13-33/h5,7-11,16-18H,4,6,12-15,19-20H2,1-3H3,(H,34,35,36). The third-order valence-corrected chi connectivity index (χ3v) is 9.28. The van der Waals surface area contributed by atoms with E-state index >= 15 is 0 Å². The lowest BCUT2D eigenvalue weighted by Crippen LogP contribution is -2.52. The van der Waals surface area contributed by atoms with Crippen molar-refractivity contribution in [2.24, 2.45) is 0 Å². The molecule has 2 aromatic heterocycles. The molecule has 0 atom stereocenters. The van der Waals surface area contributed by atoms with Crippen LogP contribution in [0.15, 0.2) is 59.5 Å². The zero-order chi connectivity index (χ0) is 29.5. The van der Waals surface area contributed by atoms with Crippen LogP contribution in [0.3, 0.4) is 0 Å². The van der Waals surface area contributed by atoms with E-state index in [1.807, 2.05) is 33.9 Å². The monoisotopic (exact) mass is 577 g/mol. The van der Waals surface area contributed by atoms with Gasteiger partial charge in [0, 0.05) is 36.9 Å². The molecule has 2 aromatic carbocycles. The van der Waals surface area contributed by atoms with Crippen molar-refractivity contribution in [1.29, 1.82) is 0 Å². The Morgan fingerprint density at radius 3 is 2.74 bits per heavy atom. The van der Waals surface area contributed by atoms with Crippen LogP contribution in [0.2, 0.25) is 0 Å². The van der Waals surface area contributed by atoms with E-state index in [-0.39, 0.29) is 11.5 Å². The van der Waals surface area contributed by atoms with E-state index < -0.39 is 5.60 Å². The lowest BCUT2D eigenvalue weighted by Gasteiger charge is -2.39. The summed E-state index contributed by atoms with van der Waals surface area (Å²) < 4.78 is 9.63. The molecule has 3 aliphatic heterocycles. The van der Waals surface area contributed by atoms with Crippen LogP contribution in [0.1, 0.15) is 50.7 Å². The maximum atomic E-state index is 13.7. The number of hydrogen-bond acceptors (Lipinski definition) is 7. The van der Waals surface area contributed by atoms with E-state index in [2.05, 4.69) is 46.5 Å². The van der Waals surface area contributed by atoms with Gasteiger partial charge >= 0.3 is 0 Å². The number of aromatic nitrogens is 4. The predicted octanol–water partition coefficient (Wildman–Crippen LogP) is 4.66. The number of likely N-dealkylation sites (N-methyl/N-ethyl adjacent to an activating group) is 1. The Labute approximate surface area is 249 Å². The van der Waals surface area contributed by atoms with Gasteiger partial charge in [-0.1, -0.05) is 18.2 Å². The number of anilines is 3. The quantitative estimate of drug-likeness (QED) is 0.346. The number of fused-ring (bicyclic) bond motifs is 7. The second-order valence-corrected chi connectivity index (χ2v) is 12.9. The molecule has 2 bridgehead atoms. The molecule has 1 spiro atoms. The van der Waals surface area contributed by atoms with Crippen molar-refractivity contribution in [1.82, 2.24) is 24.2 Å². The summed E-state index contributed by atoms with van der Waals surface area (Å²) in [5, 5.41) is 3.83. The second-order valence-electron chi connectivity index (χ2n) is 12.9. The summed E-state index contributed by atoms with van der Waals surface area (Å²) in [5.41, 5.74) is 4.84.